The highest BCUT2D eigenvalue weighted by atomic mass is 19.2. The minimum absolute atomic E-state index is 0.0413. The minimum Gasteiger partial charge on any atom is -0.379 e. The number of anilines is 1. The summed E-state index contributed by atoms with van der Waals surface area (Å²) in [6.07, 6.45) is 0.553. The second-order valence-electron chi connectivity index (χ2n) is 7.40. The number of hydrogen-bond acceptors (Lipinski definition) is 4. The highest BCUT2D eigenvalue weighted by molar-refractivity contribution is 6.36. The number of rotatable bonds is 8. The van der Waals surface area contributed by atoms with Gasteiger partial charge in [0.15, 0.2) is 11.6 Å². The van der Waals surface area contributed by atoms with Gasteiger partial charge < -0.3 is 10.1 Å². The fraction of sp³-hybridized carbons (Fsp3) is 0.304. The van der Waals surface area contributed by atoms with Gasteiger partial charge >= 0.3 is 0 Å². The van der Waals surface area contributed by atoms with Gasteiger partial charge in [-0.05, 0) is 44.9 Å². The van der Waals surface area contributed by atoms with Gasteiger partial charge in [-0.2, -0.15) is 0 Å². The Balaban J connectivity index is 1.91. The quantitative estimate of drug-likeness (QED) is 0.517. The van der Waals surface area contributed by atoms with Crippen LogP contribution in [0.4, 0.5) is 14.5 Å². The molecule has 2 amide bonds. The number of carbonyl (C=O) groups is 2. The predicted molar refractivity (Wildman–Crippen MR) is 111 cm³/mol. The zero-order chi connectivity index (χ0) is 21.8. The van der Waals surface area contributed by atoms with Crippen LogP contribution in [0.5, 0.6) is 0 Å². The van der Waals surface area contributed by atoms with Gasteiger partial charge in [-0.1, -0.05) is 29.8 Å². The molecule has 0 saturated heterocycles. The fourth-order valence-electron chi connectivity index (χ4n) is 3.14. The molecule has 7 heteroatoms. The third kappa shape index (κ3) is 4.74. The van der Waals surface area contributed by atoms with Crippen LogP contribution in [0.2, 0.25) is 0 Å². The maximum atomic E-state index is 13.6. The molecule has 5 nitrogen and oxygen atoms in total. The molecule has 1 aliphatic rings. The Labute approximate surface area is 174 Å². The Morgan fingerprint density at radius 3 is 2.33 bits per heavy atom. The van der Waals surface area contributed by atoms with E-state index >= 15 is 0 Å². The van der Waals surface area contributed by atoms with Crippen LogP contribution in [0, 0.1) is 18.6 Å². The van der Waals surface area contributed by atoms with Gasteiger partial charge in [-0.25, -0.2) is 8.78 Å². The first-order chi connectivity index (χ1) is 14.3. The number of nitrogens with one attached hydrogen (secondary N) is 1. The van der Waals surface area contributed by atoms with Crippen molar-refractivity contribution < 1.29 is 23.1 Å². The summed E-state index contributed by atoms with van der Waals surface area (Å²) in [4.78, 5) is 27.3. The molecule has 2 aromatic rings. The van der Waals surface area contributed by atoms with E-state index in [1.807, 2.05) is 32.9 Å². The number of nitrogens with zero attached hydrogens (tertiary/aromatic N) is 1. The lowest BCUT2D eigenvalue weighted by Gasteiger charge is -2.16. The lowest BCUT2D eigenvalue weighted by atomic mass is 10.0. The van der Waals surface area contributed by atoms with Crippen LogP contribution < -0.4 is 5.32 Å². The molecule has 0 saturated carbocycles. The zero-order valence-electron chi connectivity index (χ0n) is 17.2. The lowest BCUT2D eigenvalue weighted by molar-refractivity contribution is -0.137. The van der Waals surface area contributed by atoms with E-state index in [-0.39, 0.29) is 29.6 Å². The van der Waals surface area contributed by atoms with E-state index < -0.39 is 23.4 Å². The van der Waals surface area contributed by atoms with Crippen LogP contribution in [0.1, 0.15) is 31.4 Å². The number of aryl methyl sites for hydroxylation is 1. The molecule has 0 aromatic heterocycles. The summed E-state index contributed by atoms with van der Waals surface area (Å²) in [5.74, 6) is -2.98. The van der Waals surface area contributed by atoms with Crippen LogP contribution >= 0.6 is 0 Å². The summed E-state index contributed by atoms with van der Waals surface area (Å²) in [6.45, 7) is 6.35. The van der Waals surface area contributed by atoms with E-state index in [9.17, 15) is 18.4 Å². The van der Waals surface area contributed by atoms with Crippen LogP contribution in [-0.2, 0) is 14.3 Å². The van der Waals surface area contributed by atoms with Crippen molar-refractivity contribution in [2.24, 2.45) is 0 Å². The van der Waals surface area contributed by atoms with Crippen molar-refractivity contribution in [2.75, 3.05) is 18.5 Å². The molecular formula is C23H24F2N2O3. The molecular weight excluding hydrogens is 390 g/mol. The Kier molecular flexibility index (Phi) is 6.62. The summed E-state index contributed by atoms with van der Waals surface area (Å²) < 4.78 is 32.4. The maximum Gasteiger partial charge on any atom is 0.278 e. The summed E-state index contributed by atoms with van der Waals surface area (Å²) in [5, 5.41) is 2.82. The Bertz CT molecular complexity index is 984. The van der Waals surface area contributed by atoms with Crippen molar-refractivity contribution in [1.82, 2.24) is 4.90 Å². The normalized spacial score (nSPS) is 14.3. The van der Waals surface area contributed by atoms with Gasteiger partial charge in [-0.15, -0.1) is 0 Å². The molecule has 30 heavy (non-hydrogen) atoms. The molecule has 0 aliphatic carbocycles. The first-order valence-electron chi connectivity index (χ1n) is 9.79. The third-order valence-corrected chi connectivity index (χ3v) is 4.67. The van der Waals surface area contributed by atoms with E-state index in [1.54, 1.807) is 12.1 Å². The van der Waals surface area contributed by atoms with Crippen molar-refractivity contribution in [3.63, 3.8) is 0 Å². The summed E-state index contributed by atoms with van der Waals surface area (Å²) >= 11 is 0. The average molecular weight is 414 g/mol. The standard InChI is InChI=1S/C23H24F2N2O3/c1-14(2)30-12-4-11-27-22(28)20(16-7-5-15(3)6-8-16)21(23(27)29)26-17-9-10-18(24)19(25)13-17/h5-10,13-14,26H,4,11-12H2,1-3H3. The lowest BCUT2D eigenvalue weighted by Crippen LogP contribution is -2.34. The predicted octanol–water partition coefficient (Wildman–Crippen LogP) is 4.28. The molecule has 0 bridgehead atoms. The maximum absolute atomic E-state index is 13.6. The van der Waals surface area contributed by atoms with Gasteiger partial charge in [0.25, 0.3) is 11.8 Å². The smallest absolute Gasteiger partial charge is 0.278 e. The molecule has 1 N–H and O–H groups in total. The Morgan fingerprint density at radius 1 is 1.00 bits per heavy atom. The largest absolute Gasteiger partial charge is 0.379 e. The molecule has 158 valence electrons. The second kappa shape index (κ2) is 9.17. The number of benzene rings is 2. The molecule has 0 radical (unpaired) electrons. The van der Waals surface area contributed by atoms with Crippen molar-refractivity contribution in [3.8, 4) is 0 Å². The molecule has 0 fully saturated rings. The van der Waals surface area contributed by atoms with Gasteiger partial charge in [0.2, 0.25) is 0 Å². The molecule has 1 aliphatic heterocycles. The van der Waals surface area contributed by atoms with Gasteiger partial charge in [0, 0.05) is 24.9 Å². The summed E-state index contributed by atoms with van der Waals surface area (Å²) in [7, 11) is 0. The minimum atomic E-state index is -1.04. The fourth-order valence-corrected chi connectivity index (χ4v) is 3.14. The summed E-state index contributed by atoms with van der Waals surface area (Å²) in [5.41, 5.74) is 2.01. The molecule has 0 atom stereocenters. The molecule has 0 spiro atoms. The van der Waals surface area contributed by atoms with Gasteiger partial charge in [0.05, 0.1) is 11.7 Å². The van der Waals surface area contributed by atoms with Crippen LogP contribution in [0.25, 0.3) is 5.57 Å². The van der Waals surface area contributed by atoms with Gasteiger partial charge in [-0.3, -0.25) is 14.5 Å². The van der Waals surface area contributed by atoms with Crippen molar-refractivity contribution in [1.29, 1.82) is 0 Å². The van der Waals surface area contributed by atoms with Gasteiger partial charge in [0.1, 0.15) is 5.70 Å². The number of hydrogen-bond donors (Lipinski definition) is 1. The molecule has 3 rings (SSSR count). The Morgan fingerprint density at radius 2 is 1.70 bits per heavy atom. The number of halogens is 2. The van der Waals surface area contributed by atoms with Crippen molar-refractivity contribution in [3.05, 3.63) is 70.9 Å². The molecule has 2 aromatic carbocycles. The van der Waals surface area contributed by atoms with E-state index in [4.69, 9.17) is 4.74 Å². The van der Waals surface area contributed by atoms with E-state index in [1.165, 1.54) is 6.07 Å². The third-order valence-electron chi connectivity index (χ3n) is 4.67. The topological polar surface area (TPSA) is 58.6 Å². The number of carbonyl (C=O) groups excluding carboxylic acids is 2. The number of amides is 2. The zero-order valence-corrected chi connectivity index (χ0v) is 17.2. The average Bonchev–Trinajstić information content (AvgIpc) is 2.92. The van der Waals surface area contributed by atoms with Crippen LogP contribution in [0.15, 0.2) is 48.2 Å². The Hall–Kier alpha value is -3.06. The SMILES string of the molecule is Cc1ccc(C2=C(Nc3ccc(F)c(F)c3)C(=O)N(CCCOC(C)C)C2=O)cc1. The summed E-state index contributed by atoms with van der Waals surface area (Å²) in [6, 6.07) is 10.4. The highest BCUT2D eigenvalue weighted by Gasteiger charge is 2.38. The van der Waals surface area contributed by atoms with Crippen LogP contribution in [0.3, 0.4) is 0 Å². The number of ether oxygens (including phenoxy) is 1. The number of imide groups is 1. The van der Waals surface area contributed by atoms with E-state index in [0.29, 0.717) is 18.6 Å². The first-order valence-corrected chi connectivity index (χ1v) is 9.79. The monoisotopic (exact) mass is 414 g/mol. The van der Waals surface area contributed by atoms with Crippen LogP contribution in [-0.4, -0.2) is 36.0 Å². The van der Waals surface area contributed by atoms with E-state index in [0.717, 1.165) is 22.6 Å². The highest BCUT2D eigenvalue weighted by Crippen LogP contribution is 2.31. The van der Waals surface area contributed by atoms with Crippen molar-refractivity contribution in [2.45, 2.75) is 33.3 Å². The molecule has 0 unspecified atom stereocenters. The second-order valence-corrected chi connectivity index (χ2v) is 7.40. The molecule has 1 heterocycles. The van der Waals surface area contributed by atoms with E-state index in [2.05, 4.69) is 5.32 Å². The van der Waals surface area contributed by atoms with Crippen molar-refractivity contribution >= 4 is 23.1 Å². The first kappa shape index (κ1) is 21.6.